The predicted molar refractivity (Wildman–Crippen MR) is 67.3 cm³/mol. The maximum atomic E-state index is 11.9. The molecule has 0 saturated carbocycles. The standard InChI is InChI=1S/C12H19N3O2/c1-8-5-10(6-11(13-3)15-8)12(16)14-7-9(2)17-4/h5-6,9H,7H2,1-4H3,(H,13,15)(H,14,16). The number of amides is 1. The van der Waals surface area contributed by atoms with Gasteiger partial charge in [-0.15, -0.1) is 0 Å². The Balaban J connectivity index is 2.71. The third-order valence-electron chi connectivity index (χ3n) is 2.42. The summed E-state index contributed by atoms with van der Waals surface area (Å²) in [6.45, 7) is 4.25. The molecular weight excluding hydrogens is 218 g/mol. The number of nitrogens with one attached hydrogen (secondary N) is 2. The maximum absolute atomic E-state index is 11.9. The van der Waals surface area contributed by atoms with Crippen molar-refractivity contribution in [1.29, 1.82) is 0 Å². The molecule has 1 rings (SSSR count). The van der Waals surface area contributed by atoms with Crippen molar-refractivity contribution in [3.05, 3.63) is 23.4 Å². The van der Waals surface area contributed by atoms with E-state index < -0.39 is 0 Å². The van der Waals surface area contributed by atoms with E-state index in [0.29, 0.717) is 17.9 Å². The summed E-state index contributed by atoms with van der Waals surface area (Å²) in [5, 5.41) is 5.73. The Labute approximate surface area is 102 Å². The van der Waals surface area contributed by atoms with Crippen molar-refractivity contribution < 1.29 is 9.53 Å². The topological polar surface area (TPSA) is 63.2 Å². The summed E-state index contributed by atoms with van der Waals surface area (Å²) < 4.78 is 5.07. The van der Waals surface area contributed by atoms with Gasteiger partial charge < -0.3 is 15.4 Å². The van der Waals surface area contributed by atoms with E-state index in [-0.39, 0.29) is 12.0 Å². The highest BCUT2D eigenvalue weighted by molar-refractivity contribution is 5.95. The number of hydrogen-bond donors (Lipinski definition) is 2. The number of pyridine rings is 1. The fraction of sp³-hybridized carbons (Fsp3) is 0.500. The number of anilines is 1. The third-order valence-corrected chi connectivity index (χ3v) is 2.42. The lowest BCUT2D eigenvalue weighted by Crippen LogP contribution is -2.31. The fourth-order valence-corrected chi connectivity index (χ4v) is 1.35. The Bertz CT molecular complexity index is 393. The Morgan fingerprint density at radius 2 is 2.24 bits per heavy atom. The van der Waals surface area contributed by atoms with Gasteiger partial charge in [-0.25, -0.2) is 4.98 Å². The van der Waals surface area contributed by atoms with Crippen LogP contribution in [0.25, 0.3) is 0 Å². The van der Waals surface area contributed by atoms with Crippen LogP contribution in [-0.4, -0.2) is 37.7 Å². The molecule has 1 unspecified atom stereocenters. The van der Waals surface area contributed by atoms with Gasteiger partial charge in [0.05, 0.1) is 6.10 Å². The minimum atomic E-state index is -0.115. The van der Waals surface area contributed by atoms with Gasteiger partial charge in [-0.1, -0.05) is 0 Å². The normalized spacial score (nSPS) is 12.0. The van der Waals surface area contributed by atoms with Gasteiger partial charge in [-0.05, 0) is 26.0 Å². The summed E-state index contributed by atoms with van der Waals surface area (Å²) in [5.41, 5.74) is 1.41. The zero-order chi connectivity index (χ0) is 12.8. The second-order valence-electron chi connectivity index (χ2n) is 3.89. The van der Waals surface area contributed by atoms with Gasteiger partial charge in [0.2, 0.25) is 0 Å². The summed E-state index contributed by atoms with van der Waals surface area (Å²) >= 11 is 0. The van der Waals surface area contributed by atoms with Crippen molar-refractivity contribution in [2.24, 2.45) is 0 Å². The van der Waals surface area contributed by atoms with E-state index in [1.807, 2.05) is 13.8 Å². The van der Waals surface area contributed by atoms with Gasteiger partial charge in [0.1, 0.15) is 5.82 Å². The molecule has 0 aliphatic heterocycles. The Hall–Kier alpha value is -1.62. The molecule has 1 atom stereocenters. The van der Waals surface area contributed by atoms with E-state index in [2.05, 4.69) is 15.6 Å². The number of rotatable bonds is 5. The summed E-state index contributed by atoms with van der Waals surface area (Å²) in [7, 11) is 3.39. The number of nitrogens with zero attached hydrogens (tertiary/aromatic N) is 1. The molecule has 94 valence electrons. The SMILES string of the molecule is CNc1cc(C(=O)NCC(C)OC)cc(C)n1. The molecule has 0 spiro atoms. The third kappa shape index (κ3) is 4.03. The summed E-state index contributed by atoms with van der Waals surface area (Å²) in [6.07, 6.45) is 0.00524. The van der Waals surface area contributed by atoms with Crippen LogP contribution in [0.5, 0.6) is 0 Å². The number of carbonyl (C=O) groups excluding carboxylic acids is 1. The number of ether oxygens (including phenoxy) is 1. The molecule has 0 aliphatic rings. The van der Waals surface area contributed by atoms with E-state index >= 15 is 0 Å². The molecule has 1 amide bonds. The molecule has 0 radical (unpaired) electrons. The minimum absolute atomic E-state index is 0.00524. The molecule has 5 heteroatoms. The van der Waals surface area contributed by atoms with E-state index in [1.165, 1.54) is 0 Å². The molecule has 5 nitrogen and oxygen atoms in total. The Morgan fingerprint density at radius 3 is 2.82 bits per heavy atom. The highest BCUT2D eigenvalue weighted by Crippen LogP contribution is 2.09. The van der Waals surface area contributed by atoms with E-state index in [1.54, 1.807) is 26.3 Å². The van der Waals surface area contributed by atoms with Crippen LogP contribution in [0.3, 0.4) is 0 Å². The van der Waals surface area contributed by atoms with Crippen molar-refractivity contribution in [2.45, 2.75) is 20.0 Å². The van der Waals surface area contributed by atoms with Crippen molar-refractivity contribution in [3.63, 3.8) is 0 Å². The molecule has 0 aliphatic carbocycles. The summed E-state index contributed by atoms with van der Waals surface area (Å²) in [6, 6.07) is 3.48. The second kappa shape index (κ2) is 6.20. The van der Waals surface area contributed by atoms with Crippen molar-refractivity contribution in [2.75, 3.05) is 26.0 Å². The van der Waals surface area contributed by atoms with E-state index in [0.717, 1.165) is 5.69 Å². The molecule has 17 heavy (non-hydrogen) atoms. The van der Waals surface area contributed by atoms with E-state index in [4.69, 9.17) is 4.74 Å². The van der Waals surface area contributed by atoms with E-state index in [9.17, 15) is 4.79 Å². The lowest BCUT2D eigenvalue weighted by Gasteiger charge is -2.11. The lowest BCUT2D eigenvalue weighted by atomic mass is 10.2. The van der Waals surface area contributed by atoms with Gasteiger partial charge >= 0.3 is 0 Å². The molecule has 1 aromatic rings. The number of methoxy groups -OCH3 is 1. The molecule has 0 fully saturated rings. The van der Waals surface area contributed by atoms with Crippen LogP contribution in [0.4, 0.5) is 5.82 Å². The predicted octanol–water partition coefficient (Wildman–Crippen LogP) is 1.20. The van der Waals surface area contributed by atoms with Gasteiger partial charge in [0.25, 0.3) is 5.91 Å². The Morgan fingerprint density at radius 1 is 1.53 bits per heavy atom. The number of carbonyl (C=O) groups is 1. The van der Waals surface area contributed by atoms with Crippen LogP contribution in [0, 0.1) is 6.92 Å². The van der Waals surface area contributed by atoms with Crippen LogP contribution < -0.4 is 10.6 Å². The molecule has 0 saturated heterocycles. The first-order chi connectivity index (χ1) is 8.06. The average molecular weight is 237 g/mol. The largest absolute Gasteiger partial charge is 0.380 e. The zero-order valence-electron chi connectivity index (χ0n) is 10.7. The van der Waals surface area contributed by atoms with Crippen LogP contribution in [0.1, 0.15) is 23.0 Å². The van der Waals surface area contributed by atoms with Crippen LogP contribution in [0.2, 0.25) is 0 Å². The van der Waals surface area contributed by atoms with Crippen molar-refractivity contribution in [3.8, 4) is 0 Å². The summed E-state index contributed by atoms with van der Waals surface area (Å²) in [5.74, 6) is 0.575. The summed E-state index contributed by atoms with van der Waals surface area (Å²) in [4.78, 5) is 16.1. The van der Waals surface area contributed by atoms with Crippen LogP contribution in [0.15, 0.2) is 12.1 Å². The van der Waals surface area contributed by atoms with Gasteiger partial charge in [-0.2, -0.15) is 0 Å². The second-order valence-corrected chi connectivity index (χ2v) is 3.89. The molecule has 0 bridgehead atoms. The molecule has 2 N–H and O–H groups in total. The van der Waals surface area contributed by atoms with Gasteiger partial charge in [0, 0.05) is 32.0 Å². The quantitative estimate of drug-likeness (QED) is 0.807. The molecule has 0 aromatic carbocycles. The van der Waals surface area contributed by atoms with Crippen molar-refractivity contribution in [1.82, 2.24) is 10.3 Å². The van der Waals surface area contributed by atoms with Gasteiger partial charge in [0.15, 0.2) is 0 Å². The van der Waals surface area contributed by atoms with Crippen LogP contribution in [-0.2, 0) is 4.74 Å². The Kier molecular flexibility index (Phi) is 4.90. The highest BCUT2D eigenvalue weighted by Gasteiger charge is 2.09. The number of aryl methyl sites for hydroxylation is 1. The fourth-order valence-electron chi connectivity index (χ4n) is 1.35. The molecule has 1 heterocycles. The monoisotopic (exact) mass is 237 g/mol. The number of hydrogen-bond acceptors (Lipinski definition) is 4. The highest BCUT2D eigenvalue weighted by atomic mass is 16.5. The first-order valence-electron chi connectivity index (χ1n) is 5.54. The molecular formula is C12H19N3O2. The maximum Gasteiger partial charge on any atom is 0.251 e. The zero-order valence-corrected chi connectivity index (χ0v) is 10.7. The lowest BCUT2D eigenvalue weighted by molar-refractivity contribution is 0.0870. The smallest absolute Gasteiger partial charge is 0.251 e. The van der Waals surface area contributed by atoms with Gasteiger partial charge in [-0.3, -0.25) is 4.79 Å². The average Bonchev–Trinajstić information content (AvgIpc) is 2.34. The number of aromatic nitrogens is 1. The molecule has 1 aromatic heterocycles. The van der Waals surface area contributed by atoms with Crippen LogP contribution >= 0.6 is 0 Å². The minimum Gasteiger partial charge on any atom is -0.380 e. The first-order valence-corrected chi connectivity index (χ1v) is 5.54. The first kappa shape index (κ1) is 13.4. The van der Waals surface area contributed by atoms with Crippen molar-refractivity contribution >= 4 is 11.7 Å².